The lowest BCUT2D eigenvalue weighted by molar-refractivity contribution is 0.171. The molecule has 0 amide bonds. The molecule has 0 heterocycles. The summed E-state index contributed by atoms with van der Waals surface area (Å²) < 4.78 is 0. The Hall–Kier alpha value is -0.0800. The Labute approximate surface area is 120 Å². The van der Waals surface area contributed by atoms with Gasteiger partial charge in [0.25, 0.3) is 0 Å². The summed E-state index contributed by atoms with van der Waals surface area (Å²) >= 11 is 0. The fraction of sp³-hybridized carbons (Fsp3) is 1.00. The van der Waals surface area contributed by atoms with Crippen LogP contribution >= 0.6 is 0 Å². The molecule has 2 rings (SSSR count). The van der Waals surface area contributed by atoms with Crippen LogP contribution in [0.1, 0.15) is 65.7 Å². The minimum absolute atomic E-state index is 0.482. The van der Waals surface area contributed by atoms with E-state index in [1.165, 1.54) is 58.0 Å². The standard InChI is InChI=1S/C17H34N2/c1-5-12-18-16-14(10-11-17(16,2)3)13-19(4)15-8-6-7-9-15/h14-16,18H,5-13H2,1-4H3. The summed E-state index contributed by atoms with van der Waals surface area (Å²) in [5, 5.41) is 3.84. The molecule has 0 bridgehead atoms. The highest BCUT2D eigenvalue weighted by atomic mass is 15.1. The first-order valence-electron chi connectivity index (χ1n) is 8.48. The Balaban J connectivity index is 1.90. The summed E-state index contributed by atoms with van der Waals surface area (Å²) in [5.41, 5.74) is 0.482. The molecule has 0 spiro atoms. The average molecular weight is 266 g/mol. The van der Waals surface area contributed by atoms with E-state index in [0.717, 1.165) is 18.0 Å². The van der Waals surface area contributed by atoms with Gasteiger partial charge in [0.1, 0.15) is 0 Å². The van der Waals surface area contributed by atoms with Gasteiger partial charge in [0.05, 0.1) is 0 Å². The van der Waals surface area contributed by atoms with E-state index in [1.54, 1.807) is 0 Å². The number of hydrogen-bond donors (Lipinski definition) is 1. The topological polar surface area (TPSA) is 15.3 Å². The van der Waals surface area contributed by atoms with Crippen molar-refractivity contribution in [2.45, 2.75) is 77.8 Å². The van der Waals surface area contributed by atoms with Crippen LogP contribution in [0.25, 0.3) is 0 Å². The van der Waals surface area contributed by atoms with Crippen LogP contribution in [-0.4, -0.2) is 37.1 Å². The highest BCUT2D eigenvalue weighted by Gasteiger charge is 2.42. The molecule has 2 atom stereocenters. The van der Waals surface area contributed by atoms with Gasteiger partial charge in [0, 0.05) is 18.6 Å². The normalized spacial score (nSPS) is 31.4. The van der Waals surface area contributed by atoms with E-state index in [1.807, 2.05) is 0 Å². The SMILES string of the molecule is CCCNC1C(CN(C)C2CCCC2)CCC1(C)C. The second kappa shape index (κ2) is 6.58. The Kier molecular flexibility index (Phi) is 5.30. The van der Waals surface area contributed by atoms with Crippen LogP contribution in [0.4, 0.5) is 0 Å². The first kappa shape index (κ1) is 15.3. The van der Waals surface area contributed by atoms with Crippen molar-refractivity contribution in [1.82, 2.24) is 10.2 Å². The molecule has 2 aliphatic rings. The first-order valence-corrected chi connectivity index (χ1v) is 8.48. The Bertz CT molecular complexity index is 268. The van der Waals surface area contributed by atoms with Crippen LogP contribution in [0.15, 0.2) is 0 Å². The predicted octanol–water partition coefficient (Wildman–Crippen LogP) is 3.67. The summed E-state index contributed by atoms with van der Waals surface area (Å²) in [5.74, 6) is 0.854. The van der Waals surface area contributed by atoms with Crippen LogP contribution in [0.3, 0.4) is 0 Å². The second-order valence-electron chi connectivity index (χ2n) is 7.60. The molecule has 2 unspecified atom stereocenters. The second-order valence-corrected chi connectivity index (χ2v) is 7.60. The fourth-order valence-electron chi connectivity index (χ4n) is 4.32. The third-order valence-electron chi connectivity index (χ3n) is 5.56. The van der Waals surface area contributed by atoms with Gasteiger partial charge in [-0.15, -0.1) is 0 Å². The Morgan fingerprint density at radius 1 is 1.16 bits per heavy atom. The Morgan fingerprint density at radius 3 is 2.47 bits per heavy atom. The zero-order valence-electron chi connectivity index (χ0n) is 13.5. The largest absolute Gasteiger partial charge is 0.313 e. The van der Waals surface area contributed by atoms with Crippen molar-refractivity contribution in [3.05, 3.63) is 0 Å². The van der Waals surface area contributed by atoms with E-state index in [9.17, 15) is 0 Å². The lowest BCUT2D eigenvalue weighted by Crippen LogP contribution is -2.46. The maximum atomic E-state index is 3.84. The molecule has 2 aliphatic carbocycles. The van der Waals surface area contributed by atoms with E-state index in [2.05, 4.69) is 38.0 Å². The first-order chi connectivity index (χ1) is 9.04. The number of rotatable bonds is 6. The van der Waals surface area contributed by atoms with Crippen molar-refractivity contribution in [1.29, 1.82) is 0 Å². The summed E-state index contributed by atoms with van der Waals surface area (Å²) in [4.78, 5) is 2.67. The monoisotopic (exact) mass is 266 g/mol. The quantitative estimate of drug-likeness (QED) is 0.789. The zero-order valence-corrected chi connectivity index (χ0v) is 13.5. The molecule has 0 aliphatic heterocycles. The van der Waals surface area contributed by atoms with Gasteiger partial charge in [-0.05, 0) is 57.0 Å². The lowest BCUT2D eigenvalue weighted by atomic mass is 9.84. The highest BCUT2D eigenvalue weighted by Crippen LogP contribution is 2.42. The summed E-state index contributed by atoms with van der Waals surface area (Å²) in [7, 11) is 2.36. The van der Waals surface area contributed by atoms with Crippen molar-refractivity contribution < 1.29 is 0 Å². The number of nitrogens with one attached hydrogen (secondary N) is 1. The molecule has 2 nitrogen and oxygen atoms in total. The van der Waals surface area contributed by atoms with E-state index in [4.69, 9.17) is 0 Å². The van der Waals surface area contributed by atoms with Crippen molar-refractivity contribution >= 4 is 0 Å². The van der Waals surface area contributed by atoms with Gasteiger partial charge in [0.2, 0.25) is 0 Å². The Morgan fingerprint density at radius 2 is 1.84 bits per heavy atom. The summed E-state index contributed by atoms with van der Waals surface area (Å²) in [6, 6.07) is 1.59. The molecule has 112 valence electrons. The molecule has 0 aromatic carbocycles. The highest BCUT2D eigenvalue weighted by molar-refractivity contribution is 4.97. The van der Waals surface area contributed by atoms with Gasteiger partial charge < -0.3 is 10.2 Å². The molecule has 19 heavy (non-hydrogen) atoms. The van der Waals surface area contributed by atoms with Gasteiger partial charge in [-0.2, -0.15) is 0 Å². The molecule has 1 N–H and O–H groups in total. The molecule has 0 radical (unpaired) electrons. The van der Waals surface area contributed by atoms with E-state index >= 15 is 0 Å². The van der Waals surface area contributed by atoms with Crippen molar-refractivity contribution in [3.8, 4) is 0 Å². The molecule has 0 aromatic heterocycles. The number of hydrogen-bond acceptors (Lipinski definition) is 2. The number of nitrogens with zero attached hydrogens (tertiary/aromatic N) is 1. The van der Waals surface area contributed by atoms with Crippen LogP contribution in [-0.2, 0) is 0 Å². The smallest absolute Gasteiger partial charge is 0.0159 e. The minimum atomic E-state index is 0.482. The van der Waals surface area contributed by atoms with Gasteiger partial charge in [-0.1, -0.05) is 33.6 Å². The molecule has 2 fully saturated rings. The molecule has 0 aromatic rings. The summed E-state index contributed by atoms with van der Waals surface area (Å²) in [6.45, 7) is 9.66. The van der Waals surface area contributed by atoms with Gasteiger partial charge in [0.15, 0.2) is 0 Å². The van der Waals surface area contributed by atoms with E-state index in [0.29, 0.717) is 5.41 Å². The van der Waals surface area contributed by atoms with Gasteiger partial charge >= 0.3 is 0 Å². The summed E-state index contributed by atoms with van der Waals surface area (Å²) in [6.07, 6.45) is 9.80. The molecule has 0 saturated heterocycles. The zero-order chi connectivity index (χ0) is 13.9. The van der Waals surface area contributed by atoms with Crippen molar-refractivity contribution in [2.75, 3.05) is 20.1 Å². The lowest BCUT2D eigenvalue weighted by Gasteiger charge is -2.35. The fourth-order valence-corrected chi connectivity index (χ4v) is 4.32. The van der Waals surface area contributed by atoms with Crippen LogP contribution in [0.5, 0.6) is 0 Å². The van der Waals surface area contributed by atoms with Crippen LogP contribution in [0.2, 0.25) is 0 Å². The van der Waals surface area contributed by atoms with Crippen molar-refractivity contribution in [3.63, 3.8) is 0 Å². The maximum Gasteiger partial charge on any atom is 0.0159 e. The van der Waals surface area contributed by atoms with E-state index in [-0.39, 0.29) is 0 Å². The third kappa shape index (κ3) is 3.72. The van der Waals surface area contributed by atoms with E-state index < -0.39 is 0 Å². The van der Waals surface area contributed by atoms with Gasteiger partial charge in [-0.25, -0.2) is 0 Å². The molecule has 2 saturated carbocycles. The molecule has 2 heteroatoms. The predicted molar refractivity (Wildman–Crippen MR) is 83.5 cm³/mol. The van der Waals surface area contributed by atoms with Crippen LogP contribution in [0, 0.1) is 11.3 Å². The van der Waals surface area contributed by atoms with Gasteiger partial charge in [-0.3, -0.25) is 0 Å². The van der Waals surface area contributed by atoms with Crippen molar-refractivity contribution in [2.24, 2.45) is 11.3 Å². The minimum Gasteiger partial charge on any atom is -0.313 e. The molecular weight excluding hydrogens is 232 g/mol. The third-order valence-corrected chi connectivity index (χ3v) is 5.56. The van der Waals surface area contributed by atoms with Crippen LogP contribution < -0.4 is 5.32 Å². The molecular formula is C17H34N2. The maximum absolute atomic E-state index is 3.84. The average Bonchev–Trinajstić information content (AvgIpc) is 2.97.